The molecule has 2 rings (SSSR count). The summed E-state index contributed by atoms with van der Waals surface area (Å²) in [4.78, 5) is 26.5. The van der Waals surface area contributed by atoms with Crippen molar-refractivity contribution in [2.75, 3.05) is 27.8 Å². The molecule has 1 saturated heterocycles. The van der Waals surface area contributed by atoms with Crippen LogP contribution in [0.25, 0.3) is 0 Å². The fourth-order valence-corrected chi connectivity index (χ4v) is 4.47. The van der Waals surface area contributed by atoms with E-state index in [-0.39, 0.29) is 40.8 Å². The van der Waals surface area contributed by atoms with Gasteiger partial charge in [0.1, 0.15) is 10.6 Å². The Hall–Kier alpha value is -2.13. The zero-order valence-electron chi connectivity index (χ0n) is 17.0. The molecule has 0 N–H and O–H groups in total. The summed E-state index contributed by atoms with van der Waals surface area (Å²) in [5.41, 5.74) is 0.0359. The van der Waals surface area contributed by atoms with Crippen molar-refractivity contribution in [1.29, 1.82) is 0 Å². The third-order valence-corrected chi connectivity index (χ3v) is 6.80. The molecule has 8 nitrogen and oxygen atoms in total. The number of nitrogens with zero attached hydrogens (tertiary/aromatic N) is 2. The molecule has 0 radical (unpaired) electrons. The van der Waals surface area contributed by atoms with Gasteiger partial charge in [-0.2, -0.15) is 0 Å². The number of rotatable bonds is 6. The van der Waals surface area contributed by atoms with E-state index in [0.717, 1.165) is 23.6 Å². The molecule has 0 bridgehead atoms. The van der Waals surface area contributed by atoms with Gasteiger partial charge in [0.2, 0.25) is 10.0 Å². The molecule has 0 aliphatic carbocycles. The van der Waals surface area contributed by atoms with Gasteiger partial charge in [0, 0.05) is 26.2 Å². The van der Waals surface area contributed by atoms with E-state index in [1.165, 1.54) is 39.4 Å². The predicted octanol–water partition coefficient (Wildman–Crippen LogP) is 1.89. The highest BCUT2D eigenvalue weighted by Crippen LogP contribution is 2.27. The Labute approximate surface area is 166 Å². The van der Waals surface area contributed by atoms with Gasteiger partial charge in [0.15, 0.2) is 6.61 Å². The Morgan fingerprint density at radius 1 is 1.18 bits per heavy atom. The second-order valence-corrected chi connectivity index (χ2v) is 9.28. The molecule has 1 fully saturated rings. The van der Waals surface area contributed by atoms with Crippen LogP contribution in [0.4, 0.5) is 0 Å². The van der Waals surface area contributed by atoms with Crippen molar-refractivity contribution >= 4 is 21.9 Å². The van der Waals surface area contributed by atoms with Crippen molar-refractivity contribution in [1.82, 2.24) is 9.21 Å². The molecule has 0 unspecified atom stereocenters. The number of benzene rings is 1. The minimum Gasteiger partial charge on any atom is -0.495 e. The standard InChI is InChI=1S/C19H28N2O6S/c1-13-7-6-8-14(2)21(13)18(22)12-27-19(23)15-9-10-16(26-5)17(11-15)28(24,25)20(3)4/h9-11,13-14H,6-8,12H2,1-5H3/t13-,14+. The van der Waals surface area contributed by atoms with E-state index < -0.39 is 16.0 Å². The highest BCUT2D eigenvalue weighted by Gasteiger charge is 2.30. The number of esters is 1. The number of sulfonamides is 1. The number of piperidine rings is 1. The first kappa shape index (κ1) is 22.2. The molecule has 1 aromatic carbocycles. The molecule has 1 aliphatic heterocycles. The fourth-order valence-electron chi connectivity index (χ4n) is 3.40. The zero-order valence-corrected chi connectivity index (χ0v) is 17.8. The van der Waals surface area contributed by atoms with Gasteiger partial charge >= 0.3 is 5.97 Å². The molecular weight excluding hydrogens is 384 g/mol. The second kappa shape index (κ2) is 8.91. The average molecular weight is 413 g/mol. The summed E-state index contributed by atoms with van der Waals surface area (Å²) >= 11 is 0. The number of carbonyl (C=O) groups excluding carboxylic acids is 2. The van der Waals surface area contributed by atoms with E-state index in [0.29, 0.717) is 0 Å². The number of carbonyl (C=O) groups is 2. The zero-order chi connectivity index (χ0) is 21.1. The Bertz CT molecular complexity index is 827. The lowest BCUT2D eigenvalue weighted by molar-refractivity contribution is -0.140. The summed E-state index contributed by atoms with van der Waals surface area (Å²) in [6, 6.07) is 4.21. The normalized spacial score (nSPS) is 20.1. The van der Waals surface area contributed by atoms with Crippen molar-refractivity contribution in [2.45, 2.75) is 50.1 Å². The van der Waals surface area contributed by atoms with E-state index in [4.69, 9.17) is 9.47 Å². The number of likely N-dealkylation sites (tertiary alicyclic amines) is 1. The number of hydrogen-bond acceptors (Lipinski definition) is 6. The van der Waals surface area contributed by atoms with Crippen molar-refractivity contribution in [3.8, 4) is 5.75 Å². The van der Waals surface area contributed by atoms with Gasteiger partial charge in [0.25, 0.3) is 5.91 Å². The van der Waals surface area contributed by atoms with Crippen molar-refractivity contribution < 1.29 is 27.5 Å². The maximum Gasteiger partial charge on any atom is 0.338 e. The number of amides is 1. The first-order valence-corrected chi connectivity index (χ1v) is 10.6. The summed E-state index contributed by atoms with van der Waals surface area (Å²) in [5.74, 6) is -0.886. The van der Waals surface area contributed by atoms with E-state index >= 15 is 0 Å². The maximum absolute atomic E-state index is 12.5. The van der Waals surface area contributed by atoms with E-state index in [2.05, 4.69) is 0 Å². The largest absolute Gasteiger partial charge is 0.495 e. The molecule has 0 aromatic heterocycles. The fraction of sp³-hybridized carbons (Fsp3) is 0.579. The molecule has 1 aromatic rings. The Kier molecular flexibility index (Phi) is 7.06. The molecule has 28 heavy (non-hydrogen) atoms. The highest BCUT2D eigenvalue weighted by molar-refractivity contribution is 7.89. The van der Waals surface area contributed by atoms with Crippen molar-refractivity contribution in [3.63, 3.8) is 0 Å². The minimum absolute atomic E-state index is 0.0359. The van der Waals surface area contributed by atoms with Crippen LogP contribution in [-0.2, 0) is 19.6 Å². The van der Waals surface area contributed by atoms with Gasteiger partial charge in [-0.3, -0.25) is 4.79 Å². The summed E-state index contributed by atoms with van der Waals surface area (Å²) in [5, 5.41) is 0. The molecule has 2 atom stereocenters. The van der Waals surface area contributed by atoms with Crippen LogP contribution in [0.1, 0.15) is 43.5 Å². The van der Waals surface area contributed by atoms with Crippen LogP contribution in [-0.4, -0.2) is 69.4 Å². The van der Waals surface area contributed by atoms with Gasteiger partial charge in [-0.25, -0.2) is 17.5 Å². The predicted molar refractivity (Wildman–Crippen MR) is 104 cm³/mol. The van der Waals surface area contributed by atoms with Crippen LogP contribution in [0, 0.1) is 0 Å². The van der Waals surface area contributed by atoms with Gasteiger partial charge in [0.05, 0.1) is 12.7 Å². The first-order valence-electron chi connectivity index (χ1n) is 9.18. The SMILES string of the molecule is COc1ccc(C(=O)OCC(=O)N2[C@H](C)CCC[C@@H]2C)cc1S(=O)(=O)N(C)C. The summed E-state index contributed by atoms with van der Waals surface area (Å²) < 4.78 is 36.2. The first-order chi connectivity index (χ1) is 13.1. The monoisotopic (exact) mass is 412 g/mol. The Balaban J connectivity index is 2.15. The molecule has 0 saturated carbocycles. The van der Waals surface area contributed by atoms with Crippen LogP contribution in [0.15, 0.2) is 23.1 Å². The van der Waals surface area contributed by atoms with Crippen molar-refractivity contribution in [3.05, 3.63) is 23.8 Å². The summed E-state index contributed by atoms with van der Waals surface area (Å²) in [6.07, 6.45) is 2.92. The summed E-state index contributed by atoms with van der Waals surface area (Å²) in [7, 11) is 0.312. The Morgan fingerprint density at radius 3 is 2.32 bits per heavy atom. The van der Waals surface area contributed by atoms with Gasteiger partial charge in [-0.1, -0.05) is 0 Å². The number of methoxy groups -OCH3 is 1. The van der Waals surface area contributed by atoms with Crippen LogP contribution in [0.2, 0.25) is 0 Å². The lowest BCUT2D eigenvalue weighted by atomic mass is 9.97. The van der Waals surface area contributed by atoms with Crippen LogP contribution >= 0.6 is 0 Å². The molecule has 0 spiro atoms. The third-order valence-electron chi connectivity index (χ3n) is 4.97. The van der Waals surface area contributed by atoms with Crippen LogP contribution < -0.4 is 4.74 Å². The second-order valence-electron chi connectivity index (χ2n) is 7.16. The maximum atomic E-state index is 12.5. The van der Waals surface area contributed by atoms with E-state index in [1.807, 2.05) is 13.8 Å². The van der Waals surface area contributed by atoms with E-state index in [9.17, 15) is 18.0 Å². The van der Waals surface area contributed by atoms with E-state index in [1.54, 1.807) is 4.90 Å². The lowest BCUT2D eigenvalue weighted by Crippen LogP contribution is -2.49. The smallest absolute Gasteiger partial charge is 0.338 e. The topological polar surface area (TPSA) is 93.2 Å². The minimum atomic E-state index is -3.81. The van der Waals surface area contributed by atoms with Gasteiger partial charge < -0.3 is 14.4 Å². The van der Waals surface area contributed by atoms with Crippen LogP contribution in [0.5, 0.6) is 5.75 Å². The lowest BCUT2D eigenvalue weighted by Gasteiger charge is -2.38. The average Bonchev–Trinajstić information content (AvgIpc) is 2.65. The molecule has 156 valence electrons. The third kappa shape index (κ3) is 4.64. The molecule has 1 amide bonds. The summed E-state index contributed by atoms with van der Waals surface area (Å²) in [6.45, 7) is 3.59. The van der Waals surface area contributed by atoms with Gasteiger partial charge in [-0.15, -0.1) is 0 Å². The highest BCUT2D eigenvalue weighted by atomic mass is 32.2. The van der Waals surface area contributed by atoms with Gasteiger partial charge in [-0.05, 0) is 51.3 Å². The molecular formula is C19H28N2O6S. The molecule has 1 heterocycles. The quantitative estimate of drug-likeness (QED) is 0.663. The molecule has 1 aliphatic rings. The van der Waals surface area contributed by atoms with Crippen molar-refractivity contribution in [2.24, 2.45) is 0 Å². The number of ether oxygens (including phenoxy) is 2. The Morgan fingerprint density at radius 2 is 1.79 bits per heavy atom. The molecule has 9 heteroatoms. The number of hydrogen-bond donors (Lipinski definition) is 0. The van der Waals surface area contributed by atoms with Crippen LogP contribution in [0.3, 0.4) is 0 Å².